The highest BCUT2D eigenvalue weighted by Gasteiger charge is 2.22. The highest BCUT2D eigenvalue weighted by Crippen LogP contribution is 2.46. The molecular formula is C43H40. The lowest BCUT2D eigenvalue weighted by Crippen LogP contribution is -1.93. The molecule has 0 amide bonds. The third-order valence-corrected chi connectivity index (χ3v) is 9.61. The van der Waals surface area contributed by atoms with Crippen LogP contribution in [0.3, 0.4) is 0 Å². The molecule has 5 aromatic rings. The van der Waals surface area contributed by atoms with E-state index in [1.165, 1.54) is 115 Å². The first-order valence-corrected chi connectivity index (χ1v) is 15.5. The Morgan fingerprint density at radius 3 is 0.953 bits per heavy atom. The lowest BCUT2D eigenvalue weighted by atomic mass is 9.87. The summed E-state index contributed by atoms with van der Waals surface area (Å²) in [5.41, 5.74) is 20.0. The van der Waals surface area contributed by atoms with Crippen LogP contribution in [0.4, 0.5) is 0 Å². The van der Waals surface area contributed by atoms with Crippen molar-refractivity contribution in [1.82, 2.24) is 0 Å². The van der Waals surface area contributed by atoms with Gasteiger partial charge in [-0.25, -0.2) is 0 Å². The van der Waals surface area contributed by atoms with Crippen LogP contribution in [-0.2, 0) is 0 Å². The van der Waals surface area contributed by atoms with Crippen molar-refractivity contribution in [2.24, 2.45) is 0 Å². The molecule has 0 N–H and O–H groups in total. The summed E-state index contributed by atoms with van der Waals surface area (Å²) >= 11 is 0. The number of rotatable bonds is 3. The third-order valence-electron chi connectivity index (χ3n) is 9.61. The van der Waals surface area contributed by atoms with Crippen LogP contribution in [0.15, 0.2) is 78.9 Å². The lowest BCUT2D eigenvalue weighted by molar-refractivity contribution is 1.32. The van der Waals surface area contributed by atoms with Crippen LogP contribution < -0.4 is 0 Å². The number of aryl methyl sites for hydroxylation is 9. The molecule has 0 saturated heterocycles. The molecule has 212 valence electrons. The average molecular weight is 557 g/mol. The topological polar surface area (TPSA) is 0 Å². The highest BCUT2D eigenvalue weighted by molar-refractivity contribution is 6.09. The molecule has 43 heavy (non-hydrogen) atoms. The van der Waals surface area contributed by atoms with Gasteiger partial charge in [0.15, 0.2) is 0 Å². The van der Waals surface area contributed by atoms with Gasteiger partial charge in [-0.15, -0.1) is 0 Å². The van der Waals surface area contributed by atoms with E-state index in [9.17, 15) is 0 Å². The zero-order valence-corrected chi connectivity index (χ0v) is 27.0. The second kappa shape index (κ2) is 9.81. The molecule has 0 fully saturated rings. The van der Waals surface area contributed by atoms with E-state index in [0.29, 0.717) is 0 Å². The van der Waals surface area contributed by atoms with Crippen molar-refractivity contribution in [3.05, 3.63) is 139 Å². The van der Waals surface area contributed by atoms with Crippen molar-refractivity contribution in [1.29, 1.82) is 0 Å². The largest absolute Gasteiger partial charge is 0.0610 e. The Kier molecular flexibility index (Phi) is 6.26. The van der Waals surface area contributed by atoms with E-state index < -0.39 is 0 Å². The van der Waals surface area contributed by atoms with Crippen LogP contribution in [0.5, 0.6) is 0 Å². The molecule has 2 aliphatic rings. The Labute approximate surface area is 256 Å². The Bertz CT molecular complexity index is 2110. The van der Waals surface area contributed by atoms with E-state index in [4.69, 9.17) is 0 Å². The van der Waals surface area contributed by atoms with Gasteiger partial charge in [0, 0.05) is 0 Å². The molecule has 0 saturated carbocycles. The van der Waals surface area contributed by atoms with Gasteiger partial charge in [-0.05, 0) is 167 Å². The van der Waals surface area contributed by atoms with Gasteiger partial charge in [0.2, 0.25) is 0 Å². The van der Waals surface area contributed by atoms with Crippen LogP contribution in [0.1, 0.15) is 50.1 Å². The fourth-order valence-corrected chi connectivity index (χ4v) is 8.42. The molecule has 0 aliphatic heterocycles. The van der Waals surface area contributed by atoms with Crippen molar-refractivity contribution >= 4 is 21.5 Å². The molecule has 0 unspecified atom stereocenters. The minimum atomic E-state index is 1.31. The molecular weight excluding hydrogens is 516 g/mol. The van der Waals surface area contributed by atoms with E-state index in [-0.39, 0.29) is 0 Å². The Morgan fingerprint density at radius 1 is 0.302 bits per heavy atom. The van der Waals surface area contributed by atoms with Crippen molar-refractivity contribution in [3.8, 4) is 33.4 Å². The predicted octanol–water partition coefficient (Wildman–Crippen LogP) is 11.9. The Balaban J connectivity index is 1.80. The van der Waals surface area contributed by atoms with E-state index in [2.05, 4.69) is 141 Å². The first-order valence-electron chi connectivity index (χ1n) is 15.5. The van der Waals surface area contributed by atoms with E-state index in [1.54, 1.807) is 0 Å². The molecule has 7 rings (SSSR count). The first-order chi connectivity index (χ1) is 20.5. The van der Waals surface area contributed by atoms with Crippen LogP contribution in [-0.4, -0.2) is 0 Å². The fourth-order valence-electron chi connectivity index (χ4n) is 8.42. The standard InChI is InChI=1S/C43H40/c1-23-16-26(4)38(27(5)17-23)36-22-37(39-28(6)18-24(2)19-29(39)7)33-13-11-15-35-42(33)41-32(36)12-10-14-34(41)43(35)40-30(8)20-25(3)21-31(40)9/h10-22H,1-9H3. The smallest absolute Gasteiger partial charge is 0.00137 e. The maximum Gasteiger partial charge on any atom is -0.00137 e. The Hall–Kier alpha value is -4.42. The van der Waals surface area contributed by atoms with E-state index in [1.807, 2.05) is 0 Å². The quantitative estimate of drug-likeness (QED) is 0.203. The fraction of sp³-hybridized carbons (Fsp3) is 0.209. The summed E-state index contributed by atoms with van der Waals surface area (Å²) in [7, 11) is 0. The van der Waals surface area contributed by atoms with Crippen LogP contribution in [0, 0.1) is 72.8 Å². The van der Waals surface area contributed by atoms with Crippen molar-refractivity contribution in [3.63, 3.8) is 0 Å². The van der Waals surface area contributed by atoms with Gasteiger partial charge in [0.1, 0.15) is 0 Å². The van der Waals surface area contributed by atoms with Crippen LogP contribution in [0.2, 0.25) is 0 Å². The van der Waals surface area contributed by atoms with Gasteiger partial charge >= 0.3 is 0 Å². The molecule has 0 aromatic heterocycles. The average Bonchev–Trinajstić information content (AvgIpc) is 3.17. The van der Waals surface area contributed by atoms with Crippen LogP contribution in [0.25, 0.3) is 54.9 Å². The highest BCUT2D eigenvalue weighted by atomic mass is 14.3. The summed E-state index contributed by atoms with van der Waals surface area (Å²) in [6.45, 7) is 20.3. The molecule has 0 radical (unpaired) electrons. The van der Waals surface area contributed by atoms with Crippen molar-refractivity contribution < 1.29 is 0 Å². The van der Waals surface area contributed by atoms with Gasteiger partial charge in [0.25, 0.3) is 0 Å². The van der Waals surface area contributed by atoms with Crippen molar-refractivity contribution in [2.45, 2.75) is 62.3 Å². The molecule has 0 spiro atoms. The number of hydrogen-bond acceptors (Lipinski definition) is 0. The summed E-state index contributed by atoms with van der Waals surface area (Å²) in [5.74, 6) is 0. The zero-order valence-electron chi connectivity index (χ0n) is 27.0. The summed E-state index contributed by atoms with van der Waals surface area (Å²) in [6.07, 6.45) is 0. The molecule has 0 heterocycles. The van der Waals surface area contributed by atoms with Gasteiger partial charge in [-0.1, -0.05) is 89.5 Å². The SMILES string of the molecule is Cc1cc(C)c(-c2cc(-c3c(C)cc(C)cc3C)c3cccc4c(-c5c(C)cc(C)cc5C)c5cccc2c5=c34)c(C)c1. The molecule has 0 nitrogen and oxygen atoms in total. The second-order valence-electron chi connectivity index (χ2n) is 13.1. The number of benzene rings is 5. The molecule has 0 heteroatoms. The molecule has 2 aliphatic carbocycles. The van der Waals surface area contributed by atoms with E-state index >= 15 is 0 Å². The number of hydrogen-bond donors (Lipinski definition) is 0. The normalized spacial score (nSPS) is 11.8. The molecule has 5 aromatic carbocycles. The lowest BCUT2D eigenvalue weighted by Gasteiger charge is -2.16. The third kappa shape index (κ3) is 4.11. The van der Waals surface area contributed by atoms with Crippen molar-refractivity contribution in [2.75, 3.05) is 0 Å². The molecule has 0 atom stereocenters. The summed E-state index contributed by atoms with van der Waals surface area (Å²) < 4.78 is 0. The summed E-state index contributed by atoms with van der Waals surface area (Å²) in [4.78, 5) is 0. The summed E-state index contributed by atoms with van der Waals surface area (Å²) in [5, 5.41) is 8.12. The van der Waals surface area contributed by atoms with Gasteiger partial charge < -0.3 is 0 Å². The minimum absolute atomic E-state index is 1.31. The maximum absolute atomic E-state index is 2.51. The Morgan fingerprint density at radius 2 is 0.605 bits per heavy atom. The predicted molar refractivity (Wildman–Crippen MR) is 187 cm³/mol. The second-order valence-corrected chi connectivity index (χ2v) is 13.1. The maximum atomic E-state index is 2.51. The summed E-state index contributed by atoms with van der Waals surface area (Å²) in [6, 6.07) is 30.6. The van der Waals surface area contributed by atoms with Crippen LogP contribution >= 0.6 is 0 Å². The van der Waals surface area contributed by atoms with Gasteiger partial charge in [-0.3, -0.25) is 0 Å². The monoisotopic (exact) mass is 556 g/mol. The first kappa shape index (κ1) is 27.4. The zero-order chi connectivity index (χ0) is 30.3. The van der Waals surface area contributed by atoms with Gasteiger partial charge in [0.05, 0.1) is 0 Å². The van der Waals surface area contributed by atoms with E-state index in [0.717, 1.165) is 0 Å². The minimum Gasteiger partial charge on any atom is -0.0610 e. The molecule has 0 bridgehead atoms. The van der Waals surface area contributed by atoms with Gasteiger partial charge in [-0.2, -0.15) is 0 Å².